The molecule has 1 heterocycles. The van der Waals surface area contributed by atoms with E-state index in [0.717, 1.165) is 22.6 Å². The zero-order chi connectivity index (χ0) is 13.0. The van der Waals surface area contributed by atoms with Crippen molar-refractivity contribution in [3.8, 4) is 6.07 Å². The summed E-state index contributed by atoms with van der Waals surface area (Å²) in [5.74, 6) is 0. The molecule has 0 amide bonds. The predicted molar refractivity (Wildman–Crippen MR) is 73.0 cm³/mol. The average Bonchev–Trinajstić information content (AvgIpc) is 2.41. The van der Waals surface area contributed by atoms with Crippen LogP contribution in [0.4, 0.5) is 17.1 Å². The number of hydrogen-bond acceptors (Lipinski definition) is 4. The molecule has 4 heteroatoms. The number of nitrogens with zero attached hydrogens (tertiary/aromatic N) is 2. The number of anilines is 3. The van der Waals surface area contributed by atoms with E-state index >= 15 is 0 Å². The number of pyridine rings is 1. The molecule has 0 aliphatic carbocycles. The summed E-state index contributed by atoms with van der Waals surface area (Å²) in [4.78, 5) is 4.13. The summed E-state index contributed by atoms with van der Waals surface area (Å²) >= 11 is 0. The van der Waals surface area contributed by atoms with Crippen LogP contribution in [0.25, 0.3) is 0 Å². The van der Waals surface area contributed by atoms with Gasteiger partial charge in [-0.05, 0) is 30.7 Å². The standard InChI is InChI=1S/C14H14N4/c1-10-3-4-11(7-15)5-14(10)18-13-6-12(16-2)8-17-9-13/h3-6,8-9,16,18H,1-2H3. The van der Waals surface area contributed by atoms with Crippen LogP contribution in [0.15, 0.2) is 36.7 Å². The van der Waals surface area contributed by atoms with Crippen LogP contribution in [0.2, 0.25) is 0 Å². The van der Waals surface area contributed by atoms with E-state index in [1.54, 1.807) is 12.4 Å². The first-order chi connectivity index (χ1) is 8.72. The van der Waals surface area contributed by atoms with E-state index in [4.69, 9.17) is 5.26 Å². The molecule has 1 aromatic carbocycles. The summed E-state index contributed by atoms with van der Waals surface area (Å²) in [6, 6.07) is 9.67. The van der Waals surface area contributed by atoms with Gasteiger partial charge in [-0.3, -0.25) is 4.98 Å². The van der Waals surface area contributed by atoms with Gasteiger partial charge in [0.05, 0.1) is 35.4 Å². The second-order valence-electron chi connectivity index (χ2n) is 3.98. The molecule has 2 rings (SSSR count). The molecule has 0 radical (unpaired) electrons. The molecule has 0 unspecified atom stereocenters. The average molecular weight is 238 g/mol. The Labute approximate surface area is 106 Å². The quantitative estimate of drug-likeness (QED) is 0.862. The predicted octanol–water partition coefficient (Wildman–Crippen LogP) is 3.05. The fraction of sp³-hybridized carbons (Fsp3) is 0.143. The van der Waals surface area contributed by atoms with Gasteiger partial charge in [-0.25, -0.2) is 0 Å². The molecule has 4 nitrogen and oxygen atoms in total. The van der Waals surface area contributed by atoms with E-state index in [9.17, 15) is 0 Å². The van der Waals surface area contributed by atoms with Crippen LogP contribution < -0.4 is 10.6 Å². The lowest BCUT2D eigenvalue weighted by atomic mass is 10.1. The molecule has 0 atom stereocenters. The third kappa shape index (κ3) is 2.58. The lowest BCUT2D eigenvalue weighted by molar-refractivity contribution is 1.30. The Kier molecular flexibility index (Phi) is 3.44. The van der Waals surface area contributed by atoms with E-state index in [1.165, 1.54) is 0 Å². The van der Waals surface area contributed by atoms with Crippen molar-refractivity contribution in [1.82, 2.24) is 4.98 Å². The van der Waals surface area contributed by atoms with Crippen molar-refractivity contribution < 1.29 is 0 Å². The smallest absolute Gasteiger partial charge is 0.0992 e. The molecule has 0 spiro atoms. The van der Waals surface area contributed by atoms with Crippen molar-refractivity contribution in [2.45, 2.75) is 6.92 Å². The molecule has 0 saturated carbocycles. The largest absolute Gasteiger partial charge is 0.387 e. The molecular formula is C14H14N4. The summed E-state index contributed by atoms with van der Waals surface area (Å²) in [6.07, 6.45) is 3.50. The highest BCUT2D eigenvalue weighted by atomic mass is 14.9. The van der Waals surface area contributed by atoms with Gasteiger partial charge in [-0.2, -0.15) is 5.26 Å². The fourth-order valence-electron chi connectivity index (χ4n) is 1.63. The van der Waals surface area contributed by atoms with Crippen LogP contribution in [-0.2, 0) is 0 Å². The monoisotopic (exact) mass is 238 g/mol. The molecule has 0 aliphatic rings. The van der Waals surface area contributed by atoms with E-state index in [1.807, 2.05) is 38.2 Å². The first kappa shape index (κ1) is 11.9. The van der Waals surface area contributed by atoms with Gasteiger partial charge in [-0.1, -0.05) is 6.07 Å². The Morgan fingerprint density at radius 3 is 2.67 bits per heavy atom. The van der Waals surface area contributed by atoms with Crippen molar-refractivity contribution in [3.63, 3.8) is 0 Å². The first-order valence-corrected chi connectivity index (χ1v) is 5.63. The third-order valence-corrected chi connectivity index (χ3v) is 2.67. The molecule has 2 N–H and O–H groups in total. The number of hydrogen-bond donors (Lipinski definition) is 2. The van der Waals surface area contributed by atoms with Crippen LogP contribution in [-0.4, -0.2) is 12.0 Å². The van der Waals surface area contributed by atoms with Gasteiger partial charge >= 0.3 is 0 Å². The normalized spacial score (nSPS) is 9.61. The number of aryl methyl sites for hydroxylation is 1. The summed E-state index contributed by atoms with van der Waals surface area (Å²) in [5, 5.41) is 15.2. The minimum absolute atomic E-state index is 0.640. The highest BCUT2D eigenvalue weighted by Gasteiger charge is 2.02. The van der Waals surface area contributed by atoms with Gasteiger partial charge in [0.25, 0.3) is 0 Å². The lowest BCUT2D eigenvalue weighted by Crippen LogP contribution is -1.96. The van der Waals surface area contributed by atoms with Crippen molar-refractivity contribution in [1.29, 1.82) is 5.26 Å². The van der Waals surface area contributed by atoms with Crippen LogP contribution in [0, 0.1) is 18.3 Å². The summed E-state index contributed by atoms with van der Waals surface area (Å²) in [7, 11) is 1.85. The molecule has 90 valence electrons. The highest BCUT2D eigenvalue weighted by Crippen LogP contribution is 2.22. The Morgan fingerprint density at radius 2 is 1.94 bits per heavy atom. The summed E-state index contributed by atoms with van der Waals surface area (Å²) in [5.41, 5.74) is 4.47. The maximum absolute atomic E-state index is 8.90. The maximum atomic E-state index is 8.90. The van der Waals surface area contributed by atoms with Gasteiger partial charge in [0.2, 0.25) is 0 Å². The first-order valence-electron chi connectivity index (χ1n) is 5.63. The van der Waals surface area contributed by atoms with Gasteiger partial charge < -0.3 is 10.6 Å². The second-order valence-corrected chi connectivity index (χ2v) is 3.98. The second kappa shape index (κ2) is 5.19. The van der Waals surface area contributed by atoms with Gasteiger partial charge in [-0.15, -0.1) is 0 Å². The van der Waals surface area contributed by atoms with E-state index in [0.29, 0.717) is 5.56 Å². The molecule has 2 aromatic rings. The number of aromatic nitrogens is 1. The third-order valence-electron chi connectivity index (χ3n) is 2.67. The van der Waals surface area contributed by atoms with Gasteiger partial charge in [0, 0.05) is 12.7 Å². The Bertz CT molecular complexity index is 599. The Morgan fingerprint density at radius 1 is 1.17 bits per heavy atom. The van der Waals surface area contributed by atoms with E-state index in [2.05, 4.69) is 21.7 Å². The van der Waals surface area contributed by atoms with Crippen molar-refractivity contribution >= 4 is 17.1 Å². The number of nitriles is 1. The molecular weight excluding hydrogens is 224 g/mol. The highest BCUT2D eigenvalue weighted by molar-refractivity contribution is 5.66. The van der Waals surface area contributed by atoms with Gasteiger partial charge in [0.1, 0.15) is 0 Å². The molecule has 1 aromatic heterocycles. The zero-order valence-electron chi connectivity index (χ0n) is 10.4. The Hall–Kier alpha value is -2.54. The molecule has 0 fully saturated rings. The summed E-state index contributed by atoms with van der Waals surface area (Å²) in [6.45, 7) is 2.00. The minimum Gasteiger partial charge on any atom is -0.387 e. The van der Waals surface area contributed by atoms with Crippen molar-refractivity contribution in [2.24, 2.45) is 0 Å². The lowest BCUT2D eigenvalue weighted by Gasteiger charge is -2.10. The van der Waals surface area contributed by atoms with E-state index < -0.39 is 0 Å². The Balaban J connectivity index is 2.30. The zero-order valence-corrected chi connectivity index (χ0v) is 10.4. The maximum Gasteiger partial charge on any atom is 0.0992 e. The summed E-state index contributed by atoms with van der Waals surface area (Å²) < 4.78 is 0. The SMILES string of the molecule is CNc1cncc(Nc2cc(C#N)ccc2C)c1. The number of nitrogens with one attached hydrogen (secondary N) is 2. The van der Waals surface area contributed by atoms with Crippen LogP contribution >= 0.6 is 0 Å². The van der Waals surface area contributed by atoms with Crippen molar-refractivity contribution in [2.75, 3.05) is 17.7 Å². The van der Waals surface area contributed by atoms with Crippen molar-refractivity contribution in [3.05, 3.63) is 47.8 Å². The minimum atomic E-state index is 0.640. The van der Waals surface area contributed by atoms with Crippen LogP contribution in [0.3, 0.4) is 0 Å². The topological polar surface area (TPSA) is 60.7 Å². The number of rotatable bonds is 3. The number of benzene rings is 1. The molecule has 0 saturated heterocycles. The molecule has 18 heavy (non-hydrogen) atoms. The molecule has 0 aliphatic heterocycles. The van der Waals surface area contributed by atoms with Crippen LogP contribution in [0.5, 0.6) is 0 Å². The fourth-order valence-corrected chi connectivity index (χ4v) is 1.63. The van der Waals surface area contributed by atoms with Crippen LogP contribution in [0.1, 0.15) is 11.1 Å². The van der Waals surface area contributed by atoms with Gasteiger partial charge in [0.15, 0.2) is 0 Å². The molecule has 0 bridgehead atoms. The van der Waals surface area contributed by atoms with E-state index in [-0.39, 0.29) is 0 Å².